The first-order valence-corrected chi connectivity index (χ1v) is 7.87. The van der Waals surface area contributed by atoms with Crippen molar-refractivity contribution < 1.29 is 9.53 Å². The van der Waals surface area contributed by atoms with Crippen LogP contribution in [0.3, 0.4) is 0 Å². The molecule has 1 heterocycles. The Balaban J connectivity index is 1.78. The van der Waals surface area contributed by atoms with Crippen LogP contribution in [0, 0.1) is 11.3 Å². The number of methoxy groups -OCH3 is 1. The fraction of sp³-hybridized carbons (Fsp3) is 0.0500. The van der Waals surface area contributed by atoms with Crippen LogP contribution in [0.4, 0.5) is 17.1 Å². The van der Waals surface area contributed by atoms with E-state index >= 15 is 0 Å². The predicted molar refractivity (Wildman–Crippen MR) is 99.6 cm³/mol. The van der Waals surface area contributed by atoms with Gasteiger partial charge in [0, 0.05) is 17.6 Å². The van der Waals surface area contributed by atoms with Crippen molar-refractivity contribution in [1.82, 2.24) is 4.98 Å². The number of nitriles is 1. The van der Waals surface area contributed by atoms with E-state index < -0.39 is 0 Å². The Bertz CT molecular complexity index is 979. The summed E-state index contributed by atoms with van der Waals surface area (Å²) >= 11 is 0. The topological polar surface area (TPSA) is 87.0 Å². The van der Waals surface area contributed by atoms with E-state index in [1.807, 2.05) is 30.3 Å². The summed E-state index contributed by atoms with van der Waals surface area (Å²) in [5.41, 5.74) is 2.77. The predicted octanol–water partition coefficient (Wildman–Crippen LogP) is 3.96. The van der Waals surface area contributed by atoms with Crippen molar-refractivity contribution in [3.63, 3.8) is 0 Å². The molecular weight excluding hydrogens is 328 g/mol. The highest BCUT2D eigenvalue weighted by Crippen LogP contribution is 2.27. The molecule has 26 heavy (non-hydrogen) atoms. The van der Waals surface area contributed by atoms with Crippen LogP contribution >= 0.6 is 0 Å². The van der Waals surface area contributed by atoms with Gasteiger partial charge in [-0.05, 0) is 42.5 Å². The van der Waals surface area contributed by atoms with Crippen molar-refractivity contribution in [1.29, 1.82) is 5.26 Å². The lowest BCUT2D eigenvalue weighted by Gasteiger charge is -2.11. The number of rotatable bonds is 5. The smallest absolute Gasteiger partial charge is 0.274 e. The van der Waals surface area contributed by atoms with Crippen LogP contribution in [0.25, 0.3) is 0 Å². The van der Waals surface area contributed by atoms with E-state index in [0.29, 0.717) is 22.7 Å². The van der Waals surface area contributed by atoms with Crippen molar-refractivity contribution in [2.45, 2.75) is 0 Å². The Labute approximate surface area is 151 Å². The number of hydrogen-bond acceptors (Lipinski definition) is 5. The molecule has 128 valence electrons. The number of benzene rings is 2. The SMILES string of the molecule is COc1ccccc1Nc1ccnc(C(=O)Nc2cccc(C#N)c2)c1. The molecule has 0 saturated heterocycles. The fourth-order valence-corrected chi connectivity index (χ4v) is 2.40. The number of para-hydroxylation sites is 2. The van der Waals surface area contributed by atoms with Gasteiger partial charge < -0.3 is 15.4 Å². The summed E-state index contributed by atoms with van der Waals surface area (Å²) in [4.78, 5) is 16.5. The van der Waals surface area contributed by atoms with Gasteiger partial charge in [-0.15, -0.1) is 0 Å². The number of ether oxygens (including phenoxy) is 1. The Kier molecular flexibility index (Phi) is 5.11. The van der Waals surface area contributed by atoms with Crippen molar-refractivity contribution in [2.75, 3.05) is 17.7 Å². The summed E-state index contributed by atoms with van der Waals surface area (Å²) in [5.74, 6) is 0.340. The number of pyridine rings is 1. The van der Waals surface area contributed by atoms with Gasteiger partial charge in [-0.1, -0.05) is 18.2 Å². The molecule has 0 saturated carbocycles. The van der Waals surface area contributed by atoms with Crippen molar-refractivity contribution in [2.24, 2.45) is 0 Å². The molecule has 2 N–H and O–H groups in total. The summed E-state index contributed by atoms with van der Waals surface area (Å²) in [7, 11) is 1.60. The molecule has 0 bridgehead atoms. The number of carbonyl (C=O) groups excluding carboxylic acids is 1. The number of amides is 1. The minimum absolute atomic E-state index is 0.257. The second kappa shape index (κ2) is 7.81. The maximum atomic E-state index is 12.4. The number of nitrogens with zero attached hydrogens (tertiary/aromatic N) is 2. The van der Waals surface area contributed by atoms with Crippen LogP contribution in [0.5, 0.6) is 5.75 Å². The zero-order chi connectivity index (χ0) is 18.4. The fourth-order valence-electron chi connectivity index (χ4n) is 2.40. The maximum absolute atomic E-state index is 12.4. The molecule has 6 nitrogen and oxygen atoms in total. The standard InChI is InChI=1S/C20H16N4O2/c1-26-19-8-3-2-7-17(19)23-16-9-10-22-18(12-16)20(25)24-15-6-4-5-14(11-15)13-21/h2-12H,1H3,(H,22,23)(H,24,25). The Hall–Kier alpha value is -3.85. The molecule has 0 aliphatic rings. The second-order valence-electron chi connectivity index (χ2n) is 5.40. The molecule has 0 atom stereocenters. The summed E-state index contributed by atoms with van der Waals surface area (Å²) in [6.07, 6.45) is 1.55. The molecule has 2 aromatic carbocycles. The van der Waals surface area contributed by atoms with Crippen LogP contribution in [-0.2, 0) is 0 Å². The summed E-state index contributed by atoms with van der Waals surface area (Å²) < 4.78 is 5.31. The van der Waals surface area contributed by atoms with Gasteiger partial charge in [0.05, 0.1) is 24.4 Å². The molecule has 0 aliphatic heterocycles. The van der Waals surface area contributed by atoms with Gasteiger partial charge in [0.2, 0.25) is 0 Å². The van der Waals surface area contributed by atoms with Gasteiger partial charge in [-0.3, -0.25) is 9.78 Å². The average molecular weight is 344 g/mol. The lowest BCUT2D eigenvalue weighted by atomic mass is 10.2. The van der Waals surface area contributed by atoms with E-state index in [-0.39, 0.29) is 11.6 Å². The molecule has 3 rings (SSSR count). The lowest BCUT2D eigenvalue weighted by Crippen LogP contribution is -2.13. The first kappa shape index (κ1) is 17.0. The molecule has 1 amide bonds. The monoisotopic (exact) mass is 344 g/mol. The quantitative estimate of drug-likeness (QED) is 0.731. The normalized spacial score (nSPS) is 9.85. The number of anilines is 3. The number of carbonyl (C=O) groups is 1. The summed E-state index contributed by atoms with van der Waals surface area (Å²) in [5, 5.41) is 14.9. The third kappa shape index (κ3) is 3.97. The molecule has 3 aromatic rings. The zero-order valence-corrected chi connectivity index (χ0v) is 14.1. The van der Waals surface area contributed by atoms with Crippen LogP contribution < -0.4 is 15.4 Å². The zero-order valence-electron chi connectivity index (χ0n) is 14.1. The lowest BCUT2D eigenvalue weighted by molar-refractivity contribution is 0.102. The minimum Gasteiger partial charge on any atom is -0.495 e. The van der Waals surface area contributed by atoms with E-state index in [1.165, 1.54) is 0 Å². The van der Waals surface area contributed by atoms with E-state index in [2.05, 4.69) is 15.6 Å². The minimum atomic E-state index is -0.358. The van der Waals surface area contributed by atoms with Crippen molar-refractivity contribution in [3.05, 3.63) is 78.1 Å². The van der Waals surface area contributed by atoms with Gasteiger partial charge in [-0.25, -0.2) is 0 Å². The first-order valence-electron chi connectivity index (χ1n) is 7.87. The Morgan fingerprint density at radius 1 is 1.08 bits per heavy atom. The third-order valence-electron chi connectivity index (χ3n) is 3.63. The molecule has 0 aliphatic carbocycles. The van der Waals surface area contributed by atoms with Crippen molar-refractivity contribution in [3.8, 4) is 11.8 Å². The van der Waals surface area contributed by atoms with Gasteiger partial charge in [0.15, 0.2) is 0 Å². The van der Waals surface area contributed by atoms with E-state index in [0.717, 1.165) is 5.69 Å². The average Bonchev–Trinajstić information content (AvgIpc) is 2.69. The van der Waals surface area contributed by atoms with Crippen LogP contribution in [-0.4, -0.2) is 18.0 Å². The van der Waals surface area contributed by atoms with Crippen molar-refractivity contribution >= 4 is 23.0 Å². The van der Waals surface area contributed by atoms with E-state index in [1.54, 1.807) is 49.7 Å². The van der Waals surface area contributed by atoms with E-state index in [9.17, 15) is 4.79 Å². The molecule has 0 spiro atoms. The van der Waals surface area contributed by atoms with Gasteiger partial charge >= 0.3 is 0 Å². The van der Waals surface area contributed by atoms with Gasteiger partial charge in [-0.2, -0.15) is 5.26 Å². The molecule has 0 radical (unpaired) electrons. The molecule has 1 aromatic heterocycles. The summed E-state index contributed by atoms with van der Waals surface area (Å²) in [6, 6.07) is 19.7. The number of nitrogens with one attached hydrogen (secondary N) is 2. The number of hydrogen-bond donors (Lipinski definition) is 2. The van der Waals surface area contributed by atoms with Crippen LogP contribution in [0.1, 0.15) is 16.1 Å². The van der Waals surface area contributed by atoms with Gasteiger partial charge in [0.25, 0.3) is 5.91 Å². The van der Waals surface area contributed by atoms with Crippen LogP contribution in [0.2, 0.25) is 0 Å². The molecule has 6 heteroatoms. The highest BCUT2D eigenvalue weighted by molar-refractivity contribution is 6.03. The Morgan fingerprint density at radius 3 is 2.73 bits per heavy atom. The third-order valence-corrected chi connectivity index (χ3v) is 3.63. The first-order chi connectivity index (χ1) is 12.7. The largest absolute Gasteiger partial charge is 0.495 e. The molecular formula is C20H16N4O2. The second-order valence-corrected chi connectivity index (χ2v) is 5.40. The van der Waals surface area contributed by atoms with Gasteiger partial charge in [0.1, 0.15) is 11.4 Å². The highest BCUT2D eigenvalue weighted by Gasteiger charge is 2.10. The van der Waals surface area contributed by atoms with Crippen LogP contribution in [0.15, 0.2) is 66.9 Å². The molecule has 0 unspecified atom stereocenters. The number of aromatic nitrogens is 1. The summed E-state index contributed by atoms with van der Waals surface area (Å²) in [6.45, 7) is 0. The molecule has 0 fully saturated rings. The Morgan fingerprint density at radius 2 is 1.92 bits per heavy atom. The maximum Gasteiger partial charge on any atom is 0.274 e. The highest BCUT2D eigenvalue weighted by atomic mass is 16.5. The van der Waals surface area contributed by atoms with E-state index in [4.69, 9.17) is 10.00 Å².